The SMILES string of the molecule is CC1(C)C2=C(CCC=C2)c2ccc(-c3ccc(-c4c5ccccc5c(-c5ccccc5)c5ccccc45)cn3)cc21. The minimum absolute atomic E-state index is 0.0237. The average molecular weight is 526 g/mol. The Hall–Kier alpha value is -4.75. The minimum Gasteiger partial charge on any atom is -0.256 e. The van der Waals surface area contributed by atoms with E-state index in [1.54, 1.807) is 0 Å². The molecule has 6 aromatic rings. The van der Waals surface area contributed by atoms with Gasteiger partial charge in [-0.3, -0.25) is 4.98 Å². The summed E-state index contributed by atoms with van der Waals surface area (Å²) < 4.78 is 0. The largest absolute Gasteiger partial charge is 0.256 e. The Morgan fingerprint density at radius 1 is 0.610 bits per heavy atom. The Balaban J connectivity index is 1.27. The molecule has 1 aromatic heterocycles. The van der Waals surface area contributed by atoms with Crippen LogP contribution in [0.3, 0.4) is 0 Å². The average Bonchev–Trinajstić information content (AvgIpc) is 3.26. The maximum Gasteiger partial charge on any atom is 0.0702 e. The molecular weight excluding hydrogens is 494 g/mol. The number of rotatable bonds is 3. The van der Waals surface area contributed by atoms with E-state index in [9.17, 15) is 0 Å². The Labute approximate surface area is 241 Å². The van der Waals surface area contributed by atoms with Crippen molar-refractivity contribution in [3.05, 3.63) is 144 Å². The highest BCUT2D eigenvalue weighted by Gasteiger charge is 2.37. The summed E-state index contributed by atoms with van der Waals surface area (Å²) in [6, 6.07) is 39.8. The first-order valence-corrected chi connectivity index (χ1v) is 14.6. The third-order valence-corrected chi connectivity index (χ3v) is 9.20. The molecule has 1 heteroatoms. The summed E-state index contributed by atoms with van der Waals surface area (Å²) in [7, 11) is 0. The summed E-state index contributed by atoms with van der Waals surface area (Å²) in [5, 5.41) is 5.04. The molecule has 0 bridgehead atoms. The Morgan fingerprint density at radius 2 is 1.22 bits per heavy atom. The molecule has 0 atom stereocenters. The molecule has 196 valence electrons. The third kappa shape index (κ3) is 3.66. The van der Waals surface area contributed by atoms with Crippen LogP contribution >= 0.6 is 0 Å². The molecule has 0 unspecified atom stereocenters. The van der Waals surface area contributed by atoms with Crippen LogP contribution in [0.15, 0.2) is 133 Å². The molecule has 0 radical (unpaired) electrons. The lowest BCUT2D eigenvalue weighted by molar-refractivity contribution is 0.651. The summed E-state index contributed by atoms with van der Waals surface area (Å²) in [6.45, 7) is 4.72. The maximum absolute atomic E-state index is 5.06. The van der Waals surface area contributed by atoms with Crippen LogP contribution < -0.4 is 0 Å². The molecule has 0 N–H and O–H groups in total. The van der Waals surface area contributed by atoms with Crippen molar-refractivity contribution in [3.63, 3.8) is 0 Å². The molecule has 1 nitrogen and oxygen atoms in total. The molecule has 2 aliphatic rings. The van der Waals surface area contributed by atoms with E-state index in [1.807, 2.05) is 0 Å². The lowest BCUT2D eigenvalue weighted by Crippen LogP contribution is -2.16. The van der Waals surface area contributed by atoms with Crippen LogP contribution in [0.1, 0.15) is 37.8 Å². The molecule has 0 saturated carbocycles. The first-order chi connectivity index (χ1) is 20.1. The molecule has 0 spiro atoms. The quantitative estimate of drug-likeness (QED) is 0.209. The highest BCUT2D eigenvalue weighted by molar-refractivity contribution is 6.21. The minimum atomic E-state index is 0.0237. The fraction of sp³-hybridized carbons (Fsp3) is 0.125. The normalized spacial score (nSPS) is 15.4. The zero-order chi connectivity index (χ0) is 27.6. The summed E-state index contributed by atoms with van der Waals surface area (Å²) in [5.41, 5.74) is 13.0. The lowest BCUT2D eigenvalue weighted by atomic mass is 9.79. The number of benzene rings is 5. The summed E-state index contributed by atoms with van der Waals surface area (Å²) in [4.78, 5) is 5.06. The van der Waals surface area contributed by atoms with Crippen LogP contribution in [0.25, 0.3) is 60.6 Å². The molecule has 41 heavy (non-hydrogen) atoms. The number of pyridine rings is 1. The fourth-order valence-corrected chi connectivity index (χ4v) is 7.23. The number of hydrogen-bond donors (Lipinski definition) is 0. The van der Waals surface area contributed by atoms with Crippen LogP contribution in [-0.4, -0.2) is 4.98 Å². The Kier molecular flexibility index (Phi) is 5.37. The van der Waals surface area contributed by atoms with Crippen molar-refractivity contribution in [1.82, 2.24) is 4.98 Å². The van der Waals surface area contributed by atoms with E-state index in [-0.39, 0.29) is 5.41 Å². The predicted octanol–water partition coefficient (Wildman–Crippen LogP) is 10.8. The highest BCUT2D eigenvalue weighted by atomic mass is 14.7. The second-order valence-electron chi connectivity index (χ2n) is 11.9. The van der Waals surface area contributed by atoms with Gasteiger partial charge in [-0.05, 0) is 85.5 Å². The van der Waals surface area contributed by atoms with Gasteiger partial charge < -0.3 is 0 Å². The van der Waals surface area contributed by atoms with Crippen molar-refractivity contribution in [2.24, 2.45) is 0 Å². The van der Waals surface area contributed by atoms with E-state index in [0.29, 0.717) is 0 Å². The van der Waals surface area contributed by atoms with E-state index in [1.165, 1.54) is 66.1 Å². The van der Waals surface area contributed by atoms with Crippen LogP contribution in [0.4, 0.5) is 0 Å². The van der Waals surface area contributed by atoms with E-state index >= 15 is 0 Å². The van der Waals surface area contributed by atoms with Gasteiger partial charge >= 0.3 is 0 Å². The fourth-order valence-electron chi connectivity index (χ4n) is 7.23. The number of fused-ring (bicyclic) bond motifs is 4. The van der Waals surface area contributed by atoms with Gasteiger partial charge in [-0.1, -0.05) is 123 Å². The maximum atomic E-state index is 5.06. The van der Waals surface area contributed by atoms with Gasteiger partial charge in [-0.2, -0.15) is 0 Å². The van der Waals surface area contributed by atoms with Gasteiger partial charge in [0, 0.05) is 22.7 Å². The van der Waals surface area contributed by atoms with Gasteiger partial charge in [0.15, 0.2) is 0 Å². The molecule has 2 aliphatic carbocycles. The molecule has 8 rings (SSSR count). The monoisotopic (exact) mass is 525 g/mol. The lowest BCUT2D eigenvalue weighted by Gasteiger charge is -2.24. The molecule has 5 aromatic carbocycles. The third-order valence-electron chi connectivity index (χ3n) is 9.20. The Bertz CT molecular complexity index is 1980. The molecular formula is C40H31N. The number of aromatic nitrogens is 1. The second-order valence-corrected chi connectivity index (χ2v) is 11.9. The highest BCUT2D eigenvalue weighted by Crippen LogP contribution is 2.51. The summed E-state index contributed by atoms with van der Waals surface area (Å²) in [6.07, 6.45) is 9.02. The molecule has 0 saturated heterocycles. The van der Waals surface area contributed by atoms with Gasteiger partial charge in [0.05, 0.1) is 5.69 Å². The topological polar surface area (TPSA) is 12.9 Å². The van der Waals surface area contributed by atoms with Gasteiger partial charge in [0.2, 0.25) is 0 Å². The van der Waals surface area contributed by atoms with E-state index < -0.39 is 0 Å². The molecule has 0 fully saturated rings. The van der Waals surface area contributed by atoms with Crippen molar-refractivity contribution in [2.75, 3.05) is 0 Å². The van der Waals surface area contributed by atoms with Crippen molar-refractivity contribution in [2.45, 2.75) is 32.1 Å². The standard InChI is InChI=1S/C40H31N/c1-40(2)35-19-11-10-14-29(35)30-22-20-27(24-36(30)40)37-23-21-28(25-41-37)39-33-17-8-6-15-31(33)38(26-12-4-3-5-13-26)32-16-7-9-18-34(32)39/h3-9,11-13,15-25H,10,14H2,1-2H3. The van der Waals surface area contributed by atoms with Crippen molar-refractivity contribution in [3.8, 4) is 33.5 Å². The van der Waals surface area contributed by atoms with E-state index in [4.69, 9.17) is 4.98 Å². The zero-order valence-electron chi connectivity index (χ0n) is 23.5. The zero-order valence-corrected chi connectivity index (χ0v) is 23.5. The van der Waals surface area contributed by atoms with Gasteiger partial charge in [-0.25, -0.2) is 0 Å². The molecule has 0 aliphatic heterocycles. The number of hydrogen-bond acceptors (Lipinski definition) is 1. The van der Waals surface area contributed by atoms with Crippen molar-refractivity contribution in [1.29, 1.82) is 0 Å². The van der Waals surface area contributed by atoms with Gasteiger partial charge in [0.25, 0.3) is 0 Å². The smallest absolute Gasteiger partial charge is 0.0702 e. The van der Waals surface area contributed by atoms with Crippen LogP contribution in [0.5, 0.6) is 0 Å². The number of nitrogens with zero attached hydrogens (tertiary/aromatic N) is 1. The van der Waals surface area contributed by atoms with Crippen molar-refractivity contribution < 1.29 is 0 Å². The second kappa shape index (κ2) is 9.14. The predicted molar refractivity (Wildman–Crippen MR) is 174 cm³/mol. The summed E-state index contributed by atoms with van der Waals surface area (Å²) >= 11 is 0. The van der Waals surface area contributed by atoms with Gasteiger partial charge in [0.1, 0.15) is 0 Å². The first kappa shape index (κ1) is 24.1. The van der Waals surface area contributed by atoms with Crippen LogP contribution in [-0.2, 0) is 5.41 Å². The van der Waals surface area contributed by atoms with Gasteiger partial charge in [-0.15, -0.1) is 0 Å². The number of allylic oxidation sites excluding steroid dienone is 4. The Morgan fingerprint density at radius 3 is 1.85 bits per heavy atom. The van der Waals surface area contributed by atoms with E-state index in [2.05, 4.69) is 141 Å². The first-order valence-electron chi connectivity index (χ1n) is 14.6. The molecule has 1 heterocycles. The van der Waals surface area contributed by atoms with Crippen LogP contribution in [0, 0.1) is 0 Å². The molecule has 0 amide bonds. The summed E-state index contributed by atoms with van der Waals surface area (Å²) in [5.74, 6) is 0. The van der Waals surface area contributed by atoms with Crippen molar-refractivity contribution >= 4 is 27.1 Å². The van der Waals surface area contributed by atoms with E-state index in [0.717, 1.165) is 24.1 Å². The van der Waals surface area contributed by atoms with Crippen LogP contribution in [0.2, 0.25) is 0 Å².